The van der Waals surface area contributed by atoms with Crippen LogP contribution in [0.3, 0.4) is 0 Å². The molecule has 2 unspecified atom stereocenters. The molecule has 5 N–H and O–H groups in total. The first-order chi connectivity index (χ1) is 21.1. The summed E-state index contributed by atoms with van der Waals surface area (Å²) in [5.41, 5.74) is 0.512. The van der Waals surface area contributed by atoms with Gasteiger partial charge in [-0.1, -0.05) is 38.2 Å². The number of likely N-dealkylation sites (tertiary alicyclic amines) is 1. The molecule has 2 saturated heterocycles. The van der Waals surface area contributed by atoms with Gasteiger partial charge in [0.2, 0.25) is 17.7 Å². The molecule has 1 saturated carbocycles. The van der Waals surface area contributed by atoms with Crippen molar-refractivity contribution in [3.05, 3.63) is 30.0 Å². The predicted molar refractivity (Wildman–Crippen MR) is 162 cm³/mol. The average molecular weight is 610 g/mol. The molecule has 0 bridgehead atoms. The minimum atomic E-state index is -1.30. The molecule has 3 atom stereocenters. The second kappa shape index (κ2) is 13.3. The molecule has 3 heterocycles. The Balaban J connectivity index is 1.27. The maximum absolute atomic E-state index is 13.7. The van der Waals surface area contributed by atoms with Crippen LogP contribution in [0.1, 0.15) is 81.6 Å². The summed E-state index contributed by atoms with van der Waals surface area (Å²) < 4.78 is 5.40. The molecule has 3 fully saturated rings. The number of carbonyl (C=O) groups is 5. The van der Waals surface area contributed by atoms with E-state index in [1.165, 1.54) is 6.92 Å². The summed E-state index contributed by atoms with van der Waals surface area (Å²) in [4.78, 5) is 68.9. The molecule has 12 heteroatoms. The Morgan fingerprint density at radius 1 is 1.07 bits per heavy atom. The Labute approximate surface area is 256 Å². The van der Waals surface area contributed by atoms with Crippen molar-refractivity contribution in [1.29, 1.82) is 0 Å². The van der Waals surface area contributed by atoms with Crippen LogP contribution >= 0.6 is 0 Å². The van der Waals surface area contributed by atoms with Crippen LogP contribution in [0.5, 0.6) is 5.75 Å². The van der Waals surface area contributed by atoms with Crippen LogP contribution in [0.25, 0.3) is 10.9 Å². The molecule has 2 aromatic rings. The summed E-state index contributed by atoms with van der Waals surface area (Å²) in [7, 11) is 1.55. The van der Waals surface area contributed by atoms with Crippen LogP contribution in [0.4, 0.5) is 0 Å². The van der Waals surface area contributed by atoms with E-state index in [4.69, 9.17) is 4.74 Å². The zero-order valence-electron chi connectivity index (χ0n) is 25.4. The highest BCUT2D eigenvalue weighted by Gasteiger charge is 2.47. The largest absolute Gasteiger partial charge is 0.496 e. The third-order valence-electron chi connectivity index (χ3n) is 9.70. The molecule has 1 aromatic carbocycles. The third kappa shape index (κ3) is 7.00. The number of carbonyl (C=O) groups excluding carboxylic acids is 4. The van der Waals surface area contributed by atoms with Gasteiger partial charge in [0, 0.05) is 42.4 Å². The molecule has 0 radical (unpaired) electrons. The number of benzene rings is 1. The van der Waals surface area contributed by atoms with Crippen molar-refractivity contribution < 1.29 is 33.8 Å². The van der Waals surface area contributed by atoms with Crippen molar-refractivity contribution in [2.45, 2.75) is 88.8 Å². The van der Waals surface area contributed by atoms with Crippen LogP contribution in [0, 0.1) is 11.8 Å². The molecule has 1 aliphatic carbocycles. The van der Waals surface area contributed by atoms with Crippen molar-refractivity contribution in [3.63, 3.8) is 0 Å². The maximum atomic E-state index is 13.7. The Morgan fingerprint density at radius 2 is 1.80 bits per heavy atom. The zero-order chi connectivity index (χ0) is 31.4. The number of carboxylic acids is 1. The number of fused-ring (bicyclic) bond motifs is 1. The summed E-state index contributed by atoms with van der Waals surface area (Å²) in [5, 5.41) is 19.4. The molecule has 1 spiro atoms. The van der Waals surface area contributed by atoms with E-state index in [2.05, 4.69) is 20.9 Å². The number of nitrogens with zero attached hydrogens (tertiary/aromatic N) is 1. The van der Waals surface area contributed by atoms with Gasteiger partial charge in [0.05, 0.1) is 7.11 Å². The van der Waals surface area contributed by atoms with Gasteiger partial charge in [-0.15, -0.1) is 0 Å². The van der Waals surface area contributed by atoms with E-state index in [1.807, 2.05) is 12.1 Å². The molecular formula is C32H43N5O7. The SMILES string of the molecule is COc1cccc2[nH]c(C(=O)N[C@@H](CC3CCCCC3)C(=O)NC(CC3CC4(CCN(C(C)=O)CC4)NC3=O)C(=O)O)cc12. The Kier molecular flexibility index (Phi) is 9.45. The fraction of sp³-hybridized carbons (Fsp3) is 0.594. The number of carboxylic acid groups (broad SMARTS) is 1. The minimum Gasteiger partial charge on any atom is -0.496 e. The van der Waals surface area contributed by atoms with Crippen molar-refractivity contribution in [1.82, 2.24) is 25.8 Å². The van der Waals surface area contributed by atoms with Gasteiger partial charge in [-0.25, -0.2) is 4.79 Å². The van der Waals surface area contributed by atoms with Crippen LogP contribution in [-0.2, 0) is 19.2 Å². The third-order valence-corrected chi connectivity index (χ3v) is 9.70. The summed E-state index contributed by atoms with van der Waals surface area (Å²) in [5.74, 6) is -2.27. The highest BCUT2D eigenvalue weighted by molar-refractivity contribution is 6.01. The predicted octanol–water partition coefficient (Wildman–Crippen LogP) is 2.72. The molecule has 44 heavy (non-hydrogen) atoms. The van der Waals surface area contributed by atoms with E-state index in [9.17, 15) is 29.1 Å². The molecular weight excluding hydrogens is 566 g/mol. The van der Waals surface area contributed by atoms with Gasteiger partial charge in [0.15, 0.2) is 0 Å². The second-order valence-corrected chi connectivity index (χ2v) is 12.7. The quantitative estimate of drug-likeness (QED) is 0.276. The number of nitrogens with one attached hydrogen (secondary N) is 4. The van der Waals surface area contributed by atoms with E-state index >= 15 is 0 Å². The fourth-order valence-corrected chi connectivity index (χ4v) is 7.18. The molecule has 2 aliphatic heterocycles. The van der Waals surface area contributed by atoms with Gasteiger partial charge < -0.3 is 35.7 Å². The first-order valence-corrected chi connectivity index (χ1v) is 15.6. The van der Waals surface area contributed by atoms with Crippen molar-refractivity contribution in [2.24, 2.45) is 11.8 Å². The van der Waals surface area contributed by atoms with Gasteiger partial charge in [-0.2, -0.15) is 0 Å². The molecule has 1 aromatic heterocycles. The van der Waals surface area contributed by atoms with E-state index in [-0.39, 0.29) is 29.8 Å². The Morgan fingerprint density at radius 3 is 2.45 bits per heavy atom. The van der Waals surface area contributed by atoms with E-state index in [1.54, 1.807) is 24.1 Å². The minimum absolute atomic E-state index is 0.00600. The number of ether oxygens (including phenoxy) is 1. The summed E-state index contributed by atoms with van der Waals surface area (Å²) in [6.45, 7) is 2.59. The highest BCUT2D eigenvalue weighted by atomic mass is 16.5. The Hall–Kier alpha value is -4.09. The van der Waals surface area contributed by atoms with Crippen LogP contribution in [0.15, 0.2) is 24.3 Å². The molecule has 238 valence electrons. The fourth-order valence-electron chi connectivity index (χ4n) is 7.18. The smallest absolute Gasteiger partial charge is 0.326 e. The lowest BCUT2D eigenvalue weighted by molar-refractivity contribution is -0.143. The number of hydrogen-bond donors (Lipinski definition) is 5. The standard InChI is InChI=1S/C32H43N5O7/c1-19(38)37-13-11-32(12-14-37)18-21(28(39)36-32)16-26(31(42)43)35-29(40)24(15-20-7-4-3-5-8-20)34-30(41)25-17-22-23(33-25)9-6-10-27(22)44-2/h6,9-10,17,20-21,24,26,33H,3-5,7-8,11-16,18H2,1-2H3,(H,34,41)(H,35,40)(H,36,39)(H,42,43)/t21?,24-,26?/m0/s1. The summed E-state index contributed by atoms with van der Waals surface area (Å²) >= 11 is 0. The van der Waals surface area contributed by atoms with Crippen LogP contribution in [0.2, 0.25) is 0 Å². The van der Waals surface area contributed by atoms with Gasteiger partial charge in [0.1, 0.15) is 23.5 Å². The lowest BCUT2D eigenvalue weighted by Gasteiger charge is -2.39. The van der Waals surface area contributed by atoms with Crippen molar-refractivity contribution >= 4 is 40.5 Å². The number of piperidine rings is 1. The lowest BCUT2D eigenvalue weighted by atomic mass is 9.82. The van der Waals surface area contributed by atoms with Crippen LogP contribution < -0.4 is 20.7 Å². The normalized spacial score (nSPS) is 21.5. The number of aromatic nitrogens is 1. The van der Waals surface area contributed by atoms with E-state index in [0.717, 1.165) is 37.5 Å². The molecule has 12 nitrogen and oxygen atoms in total. The van der Waals surface area contributed by atoms with Gasteiger partial charge in [0.25, 0.3) is 5.91 Å². The first kappa shape index (κ1) is 31.3. The first-order valence-electron chi connectivity index (χ1n) is 15.6. The number of H-pyrrole nitrogens is 1. The van der Waals surface area contributed by atoms with Gasteiger partial charge in [-0.05, 0) is 56.2 Å². The van der Waals surface area contributed by atoms with E-state index < -0.39 is 41.3 Å². The van der Waals surface area contributed by atoms with Crippen molar-refractivity contribution in [2.75, 3.05) is 20.2 Å². The average Bonchev–Trinajstić information content (AvgIpc) is 3.57. The summed E-state index contributed by atoms with van der Waals surface area (Å²) in [6, 6.07) is 4.87. The number of amides is 4. The van der Waals surface area contributed by atoms with E-state index in [0.29, 0.717) is 50.0 Å². The monoisotopic (exact) mass is 609 g/mol. The second-order valence-electron chi connectivity index (χ2n) is 12.7. The molecule has 5 rings (SSSR count). The van der Waals surface area contributed by atoms with Crippen molar-refractivity contribution in [3.8, 4) is 5.75 Å². The highest BCUT2D eigenvalue weighted by Crippen LogP contribution is 2.36. The number of rotatable bonds is 10. The lowest BCUT2D eigenvalue weighted by Crippen LogP contribution is -2.53. The zero-order valence-corrected chi connectivity index (χ0v) is 25.4. The number of hydrogen-bond acceptors (Lipinski definition) is 6. The van der Waals surface area contributed by atoms with Crippen LogP contribution in [-0.4, -0.2) is 82.4 Å². The number of aliphatic carboxylic acids is 1. The number of methoxy groups -OCH3 is 1. The molecule has 4 amide bonds. The van der Waals surface area contributed by atoms with Gasteiger partial charge >= 0.3 is 5.97 Å². The number of aromatic amines is 1. The molecule has 3 aliphatic rings. The van der Waals surface area contributed by atoms with Gasteiger partial charge in [-0.3, -0.25) is 19.2 Å². The maximum Gasteiger partial charge on any atom is 0.326 e. The Bertz CT molecular complexity index is 1410. The topological polar surface area (TPSA) is 170 Å². The summed E-state index contributed by atoms with van der Waals surface area (Å²) in [6.07, 6.45) is 7.11.